The maximum Gasteiger partial charge on any atom is 0.409 e. The van der Waals surface area contributed by atoms with Gasteiger partial charge in [-0.1, -0.05) is 42.3 Å². The van der Waals surface area contributed by atoms with Gasteiger partial charge in [0, 0.05) is 40.0 Å². The first-order valence-corrected chi connectivity index (χ1v) is 17.1. The fraction of sp³-hybridized carbons (Fsp3) is 0.588. The van der Waals surface area contributed by atoms with E-state index in [1.54, 1.807) is 38.3 Å². The molecule has 2 saturated heterocycles. The lowest BCUT2D eigenvalue weighted by Crippen LogP contribution is -2.63. The summed E-state index contributed by atoms with van der Waals surface area (Å²) in [5.41, 5.74) is 0.325. The number of amides is 3. The standard InChI is InChI=1S/C34H46ClN3O10S/c1-18-9-8-10-26(45-7)34(43)17-25(47-33(42)36-34)19(2)30-31(48-30)24(46-32(41)20(3)37(4)27(39)11-12-49)16-28(40)38(5)22-14-21(13-18)15-23(44-6)29(22)35/h8-10,14-15,19-20,24-26,30-31,43,49H,11-13,16-17H2,1-7H3,(H,36,42)/b10-8+,18-9+. The Morgan fingerprint density at radius 1 is 1.27 bits per heavy atom. The van der Waals surface area contributed by atoms with E-state index in [1.165, 1.54) is 38.0 Å². The van der Waals surface area contributed by atoms with Gasteiger partial charge in [-0.3, -0.25) is 14.9 Å². The Labute approximate surface area is 297 Å². The third kappa shape index (κ3) is 8.90. The first-order valence-electron chi connectivity index (χ1n) is 16.1. The summed E-state index contributed by atoms with van der Waals surface area (Å²) < 4.78 is 28.7. The number of hydrogen-bond donors (Lipinski definition) is 3. The van der Waals surface area contributed by atoms with E-state index < -0.39 is 66.2 Å². The van der Waals surface area contributed by atoms with Crippen LogP contribution >= 0.6 is 24.2 Å². The zero-order valence-corrected chi connectivity index (χ0v) is 30.5. The number of aliphatic hydroxyl groups is 1. The number of ether oxygens (including phenoxy) is 5. The summed E-state index contributed by atoms with van der Waals surface area (Å²) in [6.07, 6.45) is 0.505. The number of nitrogens with zero attached hydrogens (tertiary/aromatic N) is 2. The van der Waals surface area contributed by atoms with Gasteiger partial charge in [0.05, 0.1) is 25.3 Å². The maximum absolute atomic E-state index is 13.9. The van der Waals surface area contributed by atoms with Crippen LogP contribution in [0.15, 0.2) is 35.9 Å². The van der Waals surface area contributed by atoms with Crippen molar-refractivity contribution in [2.24, 2.45) is 5.92 Å². The SMILES string of the molecule is COc1cc2cc(c1Cl)N(C)C(=O)CC(OC(=O)C(C)N(C)C(=O)CCS)C1OC1C(C)C1CC(O)(NC(=O)O1)C(OC)/C=C/C=C(\C)C2. The minimum atomic E-state index is -1.81. The molecule has 3 amide bonds. The number of methoxy groups -OCH3 is 2. The minimum absolute atomic E-state index is 0.0383. The van der Waals surface area contributed by atoms with Gasteiger partial charge in [0.2, 0.25) is 11.8 Å². The lowest BCUT2D eigenvalue weighted by molar-refractivity contribution is -0.159. The number of alkyl carbamates (subject to hydrolysis) is 1. The monoisotopic (exact) mass is 723 g/mol. The van der Waals surface area contributed by atoms with Gasteiger partial charge < -0.3 is 38.6 Å². The topological polar surface area (TPSA) is 156 Å². The summed E-state index contributed by atoms with van der Waals surface area (Å²) in [4.78, 5) is 55.2. The molecule has 0 radical (unpaired) electrons. The van der Waals surface area contributed by atoms with E-state index in [4.69, 9.17) is 35.3 Å². The molecule has 13 nitrogen and oxygen atoms in total. The van der Waals surface area contributed by atoms with Crippen LogP contribution in [-0.2, 0) is 39.8 Å². The number of likely N-dealkylation sites (N-methyl/N-ethyl adjacent to an activating group) is 1. The summed E-state index contributed by atoms with van der Waals surface area (Å²) >= 11 is 10.8. The van der Waals surface area contributed by atoms with Crippen molar-refractivity contribution >= 4 is 53.8 Å². The van der Waals surface area contributed by atoms with E-state index >= 15 is 0 Å². The highest BCUT2D eigenvalue weighted by molar-refractivity contribution is 7.80. The molecule has 2 fully saturated rings. The Bertz CT molecular complexity index is 1490. The van der Waals surface area contributed by atoms with Crippen LogP contribution in [0, 0.1) is 5.92 Å². The molecule has 15 heteroatoms. The van der Waals surface area contributed by atoms with Gasteiger partial charge in [-0.2, -0.15) is 12.6 Å². The van der Waals surface area contributed by atoms with Crippen LogP contribution in [0.25, 0.3) is 0 Å². The van der Waals surface area contributed by atoms with E-state index in [-0.39, 0.29) is 30.2 Å². The van der Waals surface area contributed by atoms with Crippen LogP contribution in [0.2, 0.25) is 5.02 Å². The van der Waals surface area contributed by atoms with Crippen molar-refractivity contribution in [3.8, 4) is 5.75 Å². The van der Waals surface area contributed by atoms with E-state index in [0.29, 0.717) is 23.6 Å². The van der Waals surface area contributed by atoms with E-state index in [0.717, 1.165) is 11.1 Å². The number of anilines is 1. The van der Waals surface area contributed by atoms with Crippen LogP contribution in [0.4, 0.5) is 10.5 Å². The van der Waals surface area contributed by atoms with Crippen LogP contribution in [-0.4, -0.2) is 110 Å². The van der Waals surface area contributed by atoms with Gasteiger partial charge in [0.25, 0.3) is 0 Å². The molecule has 3 aliphatic heterocycles. The van der Waals surface area contributed by atoms with Gasteiger partial charge in [-0.15, -0.1) is 0 Å². The molecular weight excluding hydrogens is 678 g/mol. The number of halogens is 1. The van der Waals surface area contributed by atoms with Gasteiger partial charge in [-0.05, 0) is 43.7 Å². The number of carbonyl (C=O) groups is 4. The normalized spacial score (nSPS) is 31.2. The van der Waals surface area contributed by atoms with Gasteiger partial charge in [0.1, 0.15) is 41.2 Å². The molecule has 0 saturated carbocycles. The zero-order valence-electron chi connectivity index (χ0n) is 28.8. The molecule has 0 aromatic heterocycles. The number of esters is 1. The van der Waals surface area contributed by atoms with Crippen molar-refractivity contribution in [2.45, 2.75) is 88.7 Å². The predicted molar refractivity (Wildman–Crippen MR) is 185 cm³/mol. The number of fused-ring (bicyclic) bond motifs is 5. The Hall–Kier alpha value is -3.30. The second-order valence-electron chi connectivity index (χ2n) is 12.8. The molecule has 1 aromatic rings. The first kappa shape index (κ1) is 38.5. The van der Waals surface area contributed by atoms with E-state index in [1.807, 2.05) is 13.0 Å². The van der Waals surface area contributed by atoms with Gasteiger partial charge >= 0.3 is 12.1 Å². The summed E-state index contributed by atoms with van der Waals surface area (Å²) in [6, 6.07) is 2.61. The Morgan fingerprint density at radius 3 is 2.63 bits per heavy atom. The zero-order chi connectivity index (χ0) is 36.2. The molecular formula is C34H46ClN3O10S. The Kier molecular flexibility index (Phi) is 12.7. The molecule has 0 aliphatic carbocycles. The average Bonchev–Trinajstić information content (AvgIpc) is 3.85. The number of nitrogens with one attached hydrogen (secondary N) is 1. The first-order chi connectivity index (χ1) is 23.1. The predicted octanol–water partition coefficient (Wildman–Crippen LogP) is 3.44. The van der Waals surface area contributed by atoms with Crippen molar-refractivity contribution in [1.82, 2.24) is 10.2 Å². The average molecular weight is 724 g/mol. The lowest BCUT2D eigenvalue weighted by atomic mass is 9.87. The number of carbonyl (C=O) groups excluding carboxylic acids is 4. The van der Waals surface area contributed by atoms with Gasteiger partial charge in [-0.25, -0.2) is 9.59 Å². The van der Waals surface area contributed by atoms with Gasteiger partial charge in [0.15, 0.2) is 5.72 Å². The second kappa shape index (κ2) is 16.2. The van der Waals surface area contributed by atoms with Crippen molar-refractivity contribution in [1.29, 1.82) is 0 Å². The molecule has 4 bridgehead atoms. The van der Waals surface area contributed by atoms with Crippen LogP contribution in [0.5, 0.6) is 5.75 Å². The molecule has 8 atom stereocenters. The number of allylic oxidation sites excluding steroid dienone is 3. The van der Waals surface area contributed by atoms with Crippen molar-refractivity contribution in [3.05, 3.63) is 46.5 Å². The summed E-state index contributed by atoms with van der Waals surface area (Å²) in [7, 11) is 5.98. The molecule has 1 aromatic carbocycles. The summed E-state index contributed by atoms with van der Waals surface area (Å²) in [5, 5.41) is 14.3. The third-order valence-electron chi connectivity index (χ3n) is 9.32. The second-order valence-corrected chi connectivity index (χ2v) is 13.6. The maximum atomic E-state index is 13.9. The molecule has 270 valence electrons. The molecule has 0 spiro atoms. The molecule has 3 heterocycles. The fourth-order valence-corrected chi connectivity index (χ4v) is 6.63. The van der Waals surface area contributed by atoms with E-state index in [2.05, 4.69) is 17.9 Å². The number of hydrogen-bond acceptors (Lipinski definition) is 11. The highest BCUT2D eigenvalue weighted by Gasteiger charge is 2.56. The van der Waals surface area contributed by atoms with Crippen LogP contribution in [0.3, 0.4) is 0 Å². The van der Waals surface area contributed by atoms with Crippen molar-refractivity contribution in [3.63, 3.8) is 0 Å². The highest BCUT2D eigenvalue weighted by atomic mass is 35.5. The number of thiol groups is 1. The quantitative estimate of drug-likeness (QED) is 0.216. The smallest absolute Gasteiger partial charge is 0.409 e. The van der Waals surface area contributed by atoms with Crippen LogP contribution in [0.1, 0.15) is 45.6 Å². The lowest BCUT2D eigenvalue weighted by Gasteiger charge is -2.41. The molecule has 8 unspecified atom stereocenters. The number of epoxide rings is 1. The summed E-state index contributed by atoms with van der Waals surface area (Å²) in [5.74, 6) is -1.24. The van der Waals surface area contributed by atoms with E-state index in [9.17, 15) is 24.3 Å². The third-order valence-corrected chi connectivity index (χ3v) is 9.92. The van der Waals surface area contributed by atoms with Crippen molar-refractivity contribution < 1.29 is 48.0 Å². The molecule has 4 rings (SSSR count). The Balaban J connectivity index is 1.74. The Morgan fingerprint density at radius 2 is 1.98 bits per heavy atom. The van der Waals surface area contributed by atoms with Crippen molar-refractivity contribution in [2.75, 3.05) is 39.0 Å². The molecule has 2 N–H and O–H groups in total. The molecule has 49 heavy (non-hydrogen) atoms. The fourth-order valence-electron chi connectivity index (χ4n) is 6.12. The molecule has 3 aliphatic rings. The highest BCUT2D eigenvalue weighted by Crippen LogP contribution is 2.41. The summed E-state index contributed by atoms with van der Waals surface area (Å²) in [6.45, 7) is 5.24. The number of benzene rings is 1. The minimum Gasteiger partial charge on any atom is -0.495 e. The number of rotatable bonds is 7. The largest absolute Gasteiger partial charge is 0.495 e. The van der Waals surface area contributed by atoms with Crippen LogP contribution < -0.4 is 15.0 Å².